The van der Waals surface area contributed by atoms with Crippen LogP contribution in [0.3, 0.4) is 0 Å². The highest BCUT2D eigenvalue weighted by Gasteiger charge is 2.12. The summed E-state index contributed by atoms with van der Waals surface area (Å²) in [6.07, 6.45) is 0. The smallest absolute Gasteiger partial charge is 0.255 e. The molecule has 1 aromatic heterocycles. The summed E-state index contributed by atoms with van der Waals surface area (Å²) in [5.41, 5.74) is 2.05. The fourth-order valence-electron chi connectivity index (χ4n) is 1.18. The molecule has 0 radical (unpaired) electrons. The minimum atomic E-state index is -0.461. The molecule has 0 unspecified atom stereocenters. The fraction of sp³-hybridized carbons (Fsp3) is 0. The summed E-state index contributed by atoms with van der Waals surface area (Å²) in [6, 6.07) is 9.52. The number of benzene rings is 1. The summed E-state index contributed by atoms with van der Waals surface area (Å²) < 4.78 is 4.14. The van der Waals surface area contributed by atoms with Crippen molar-refractivity contribution in [3.63, 3.8) is 0 Å². The lowest BCUT2D eigenvalue weighted by Gasteiger charge is -1.97. The molecule has 70 valence electrons. The molecule has 1 aromatic carbocycles. The Bertz CT molecular complexity index is 452. The summed E-state index contributed by atoms with van der Waals surface area (Å²) in [5, 5.41) is 1.20. The van der Waals surface area contributed by atoms with E-state index in [4.69, 9.17) is 11.6 Å². The van der Waals surface area contributed by atoms with Crippen molar-refractivity contribution in [3.05, 3.63) is 41.3 Å². The molecule has 0 aliphatic carbocycles. The third-order valence-electron chi connectivity index (χ3n) is 1.83. The van der Waals surface area contributed by atoms with Crippen LogP contribution in [0.4, 0.5) is 0 Å². The van der Waals surface area contributed by atoms with Gasteiger partial charge in [0.15, 0.2) is 0 Å². The van der Waals surface area contributed by atoms with E-state index in [2.05, 4.69) is 4.37 Å². The average molecular weight is 224 g/mol. The highest BCUT2D eigenvalue weighted by molar-refractivity contribution is 7.04. The Kier molecular flexibility index (Phi) is 2.61. The number of hydrogen-bond acceptors (Lipinski definition) is 3. The van der Waals surface area contributed by atoms with Crippen LogP contribution in [0.5, 0.6) is 0 Å². The van der Waals surface area contributed by atoms with Gasteiger partial charge in [0.1, 0.15) is 0 Å². The van der Waals surface area contributed by atoms with Crippen LogP contribution in [-0.4, -0.2) is 9.62 Å². The van der Waals surface area contributed by atoms with Crippen molar-refractivity contribution in [1.29, 1.82) is 0 Å². The van der Waals surface area contributed by atoms with Gasteiger partial charge in [0.05, 0.1) is 11.3 Å². The molecule has 14 heavy (non-hydrogen) atoms. The van der Waals surface area contributed by atoms with Crippen molar-refractivity contribution in [3.8, 4) is 11.3 Å². The molecule has 0 amide bonds. The highest BCUT2D eigenvalue weighted by Crippen LogP contribution is 2.24. The molecule has 0 aliphatic rings. The number of carbonyl (C=O) groups excluding carboxylic acids is 1. The predicted octanol–water partition coefficient (Wildman–Crippen LogP) is 3.19. The first kappa shape index (κ1) is 9.37. The first-order chi connectivity index (χ1) is 6.79. The van der Waals surface area contributed by atoms with Crippen molar-refractivity contribution >= 4 is 28.4 Å². The molecule has 4 heteroatoms. The van der Waals surface area contributed by atoms with E-state index in [1.807, 2.05) is 30.3 Å². The second-order valence-corrected chi connectivity index (χ2v) is 3.69. The molecular weight excluding hydrogens is 218 g/mol. The molecule has 1 heterocycles. The molecule has 2 nitrogen and oxygen atoms in total. The van der Waals surface area contributed by atoms with E-state index in [1.54, 1.807) is 5.38 Å². The highest BCUT2D eigenvalue weighted by atomic mass is 35.5. The lowest BCUT2D eigenvalue weighted by Crippen LogP contribution is -1.89. The molecule has 0 fully saturated rings. The maximum absolute atomic E-state index is 11.0. The van der Waals surface area contributed by atoms with E-state index in [0.29, 0.717) is 11.3 Å². The molecule has 0 saturated heterocycles. The quantitative estimate of drug-likeness (QED) is 0.732. The van der Waals surface area contributed by atoms with Crippen LogP contribution in [-0.2, 0) is 0 Å². The minimum Gasteiger partial charge on any atom is -0.275 e. The maximum atomic E-state index is 11.0. The standard InChI is InChI=1S/C10H6ClNOS/c11-10(13)8-6-14-12-9(8)7-4-2-1-3-5-7/h1-6H. The van der Waals surface area contributed by atoms with E-state index in [0.717, 1.165) is 5.56 Å². The molecule has 0 spiro atoms. The van der Waals surface area contributed by atoms with Crippen LogP contribution in [0, 0.1) is 0 Å². The first-order valence-corrected chi connectivity index (χ1v) is 5.20. The lowest BCUT2D eigenvalue weighted by atomic mass is 10.1. The zero-order valence-corrected chi connectivity index (χ0v) is 8.68. The van der Waals surface area contributed by atoms with Gasteiger partial charge in [-0.3, -0.25) is 4.79 Å². The normalized spacial score (nSPS) is 10.1. The zero-order chi connectivity index (χ0) is 9.97. The second-order valence-electron chi connectivity index (χ2n) is 2.72. The average Bonchev–Trinajstić information content (AvgIpc) is 2.67. The molecule has 0 aliphatic heterocycles. The third kappa shape index (κ3) is 1.69. The van der Waals surface area contributed by atoms with Gasteiger partial charge in [0.25, 0.3) is 5.24 Å². The molecule has 0 N–H and O–H groups in total. The molecule has 2 rings (SSSR count). The Balaban J connectivity index is 2.52. The molecule has 0 bridgehead atoms. The van der Waals surface area contributed by atoms with Crippen LogP contribution in [0.15, 0.2) is 35.7 Å². The Morgan fingerprint density at radius 1 is 1.29 bits per heavy atom. The van der Waals surface area contributed by atoms with Gasteiger partial charge in [0.2, 0.25) is 0 Å². The van der Waals surface area contributed by atoms with E-state index in [1.165, 1.54) is 11.5 Å². The first-order valence-electron chi connectivity index (χ1n) is 3.98. The summed E-state index contributed by atoms with van der Waals surface area (Å²) >= 11 is 6.66. The van der Waals surface area contributed by atoms with Crippen molar-refractivity contribution in [2.24, 2.45) is 0 Å². The fourth-order valence-corrected chi connectivity index (χ4v) is 2.08. The van der Waals surface area contributed by atoms with Gasteiger partial charge in [-0.15, -0.1) is 0 Å². The minimum absolute atomic E-state index is 0.461. The van der Waals surface area contributed by atoms with Gasteiger partial charge >= 0.3 is 0 Å². The summed E-state index contributed by atoms with van der Waals surface area (Å²) in [4.78, 5) is 11.0. The number of hydrogen-bond donors (Lipinski definition) is 0. The number of aromatic nitrogens is 1. The van der Waals surface area contributed by atoms with Crippen LogP contribution >= 0.6 is 23.1 Å². The second kappa shape index (κ2) is 3.90. The van der Waals surface area contributed by atoms with Crippen LogP contribution in [0.1, 0.15) is 10.4 Å². The van der Waals surface area contributed by atoms with Crippen LogP contribution in [0.2, 0.25) is 0 Å². The van der Waals surface area contributed by atoms with E-state index >= 15 is 0 Å². The van der Waals surface area contributed by atoms with Gasteiger partial charge in [-0.25, -0.2) is 0 Å². The SMILES string of the molecule is O=C(Cl)c1csnc1-c1ccccc1. The number of halogens is 1. The Labute approximate surface area is 90.3 Å². The monoisotopic (exact) mass is 223 g/mol. The van der Waals surface area contributed by atoms with Crippen LogP contribution in [0.25, 0.3) is 11.3 Å². The lowest BCUT2D eigenvalue weighted by molar-refractivity contribution is 0.108. The number of rotatable bonds is 2. The van der Waals surface area contributed by atoms with Crippen molar-refractivity contribution < 1.29 is 4.79 Å². The largest absolute Gasteiger partial charge is 0.275 e. The van der Waals surface area contributed by atoms with Gasteiger partial charge in [0, 0.05) is 10.9 Å². The Morgan fingerprint density at radius 3 is 2.64 bits per heavy atom. The number of nitrogens with zero attached hydrogens (tertiary/aromatic N) is 1. The summed E-state index contributed by atoms with van der Waals surface area (Å²) in [5.74, 6) is 0. The van der Waals surface area contributed by atoms with Gasteiger partial charge < -0.3 is 0 Å². The van der Waals surface area contributed by atoms with E-state index in [-0.39, 0.29) is 0 Å². The topological polar surface area (TPSA) is 30.0 Å². The summed E-state index contributed by atoms with van der Waals surface area (Å²) in [6.45, 7) is 0. The third-order valence-corrected chi connectivity index (χ3v) is 2.66. The molecule has 2 aromatic rings. The number of carbonyl (C=O) groups is 1. The van der Waals surface area contributed by atoms with Crippen molar-refractivity contribution in [2.45, 2.75) is 0 Å². The molecule has 0 saturated carbocycles. The zero-order valence-electron chi connectivity index (χ0n) is 7.11. The Morgan fingerprint density at radius 2 is 2.00 bits per heavy atom. The van der Waals surface area contributed by atoms with E-state index < -0.39 is 5.24 Å². The van der Waals surface area contributed by atoms with Gasteiger partial charge in [-0.2, -0.15) is 4.37 Å². The van der Waals surface area contributed by atoms with Crippen LogP contribution < -0.4 is 0 Å². The summed E-state index contributed by atoms with van der Waals surface area (Å²) in [7, 11) is 0. The maximum Gasteiger partial charge on any atom is 0.255 e. The van der Waals surface area contributed by atoms with E-state index in [9.17, 15) is 4.79 Å². The van der Waals surface area contributed by atoms with Crippen molar-refractivity contribution in [2.75, 3.05) is 0 Å². The molecular formula is C10H6ClNOS. The van der Waals surface area contributed by atoms with Gasteiger partial charge in [-0.1, -0.05) is 30.3 Å². The van der Waals surface area contributed by atoms with Crippen molar-refractivity contribution in [1.82, 2.24) is 4.37 Å². The van der Waals surface area contributed by atoms with Gasteiger partial charge in [-0.05, 0) is 23.1 Å². The Hall–Kier alpha value is -1.19. The predicted molar refractivity (Wildman–Crippen MR) is 57.7 cm³/mol. The molecule has 0 atom stereocenters.